The van der Waals surface area contributed by atoms with E-state index < -0.39 is 0 Å². The van der Waals surface area contributed by atoms with Gasteiger partial charge in [-0.05, 0) is 18.9 Å². The highest BCUT2D eigenvalue weighted by Crippen LogP contribution is 2.30. The van der Waals surface area contributed by atoms with Gasteiger partial charge in [-0.1, -0.05) is 13.3 Å². The Morgan fingerprint density at radius 3 is 2.95 bits per heavy atom. The zero-order chi connectivity index (χ0) is 14.9. The van der Waals surface area contributed by atoms with Gasteiger partial charge in [-0.3, -0.25) is 9.36 Å². The highest BCUT2D eigenvalue weighted by atomic mass is 16.1. The van der Waals surface area contributed by atoms with Crippen molar-refractivity contribution in [3.8, 4) is 11.4 Å². The number of rotatable bonds is 2. The van der Waals surface area contributed by atoms with E-state index in [1.165, 1.54) is 6.33 Å². The number of aromatic nitrogens is 4. The summed E-state index contributed by atoms with van der Waals surface area (Å²) in [4.78, 5) is 25.3. The fourth-order valence-corrected chi connectivity index (χ4v) is 2.85. The van der Waals surface area contributed by atoms with Gasteiger partial charge in [0.05, 0.1) is 11.4 Å². The van der Waals surface area contributed by atoms with Crippen molar-refractivity contribution in [3.05, 3.63) is 40.8 Å². The lowest BCUT2D eigenvalue weighted by Gasteiger charge is -2.27. The minimum atomic E-state index is -0.265. The second-order valence-electron chi connectivity index (χ2n) is 5.77. The van der Waals surface area contributed by atoms with Crippen molar-refractivity contribution in [1.82, 2.24) is 19.5 Å². The summed E-state index contributed by atoms with van der Waals surface area (Å²) >= 11 is 0. The summed E-state index contributed by atoms with van der Waals surface area (Å²) in [6.45, 7) is 3.27. The molecule has 2 aromatic rings. The SMILES string of the molecule is CC1(CN)CCCCn2c1nc(-c1ccncn1)cc2=O. The summed E-state index contributed by atoms with van der Waals surface area (Å²) < 4.78 is 1.77. The second kappa shape index (κ2) is 5.37. The minimum absolute atomic E-state index is 0.0322. The fourth-order valence-electron chi connectivity index (χ4n) is 2.85. The lowest BCUT2D eigenvalue weighted by molar-refractivity contribution is 0.411. The minimum Gasteiger partial charge on any atom is -0.329 e. The summed E-state index contributed by atoms with van der Waals surface area (Å²) in [5, 5.41) is 0. The Hall–Kier alpha value is -2.08. The number of hydrogen-bond donors (Lipinski definition) is 1. The molecular weight excluding hydrogens is 266 g/mol. The molecule has 0 bridgehead atoms. The third-order valence-corrected chi connectivity index (χ3v) is 4.20. The number of nitrogens with two attached hydrogens (primary N) is 1. The predicted molar refractivity (Wildman–Crippen MR) is 79.8 cm³/mol. The van der Waals surface area contributed by atoms with E-state index in [0.29, 0.717) is 24.5 Å². The normalized spacial score (nSPS) is 21.6. The van der Waals surface area contributed by atoms with Gasteiger partial charge in [0.1, 0.15) is 12.2 Å². The largest absolute Gasteiger partial charge is 0.329 e. The zero-order valence-corrected chi connectivity index (χ0v) is 12.1. The van der Waals surface area contributed by atoms with E-state index in [9.17, 15) is 4.79 Å². The highest BCUT2D eigenvalue weighted by molar-refractivity contribution is 5.52. The summed E-state index contributed by atoms with van der Waals surface area (Å²) in [6, 6.07) is 3.31. The molecule has 21 heavy (non-hydrogen) atoms. The number of fused-ring (bicyclic) bond motifs is 1. The van der Waals surface area contributed by atoms with Gasteiger partial charge in [0.15, 0.2) is 0 Å². The van der Waals surface area contributed by atoms with Crippen LogP contribution in [0.4, 0.5) is 0 Å². The molecule has 1 aliphatic rings. The van der Waals surface area contributed by atoms with E-state index in [1.54, 1.807) is 22.9 Å². The Bertz CT molecular complexity index is 697. The van der Waals surface area contributed by atoms with Crippen molar-refractivity contribution in [2.75, 3.05) is 6.54 Å². The topological polar surface area (TPSA) is 86.7 Å². The molecule has 1 atom stereocenters. The van der Waals surface area contributed by atoms with Gasteiger partial charge in [0.2, 0.25) is 0 Å². The summed E-state index contributed by atoms with van der Waals surface area (Å²) in [7, 11) is 0. The Morgan fingerprint density at radius 2 is 2.24 bits per heavy atom. The van der Waals surface area contributed by atoms with Gasteiger partial charge >= 0.3 is 0 Å². The first-order chi connectivity index (χ1) is 10.1. The predicted octanol–water partition coefficient (Wildman–Crippen LogP) is 1.10. The van der Waals surface area contributed by atoms with E-state index in [0.717, 1.165) is 25.1 Å². The molecule has 1 unspecified atom stereocenters. The molecule has 2 aromatic heterocycles. The average Bonchev–Trinajstić information content (AvgIpc) is 2.69. The van der Waals surface area contributed by atoms with Crippen LogP contribution in [0.25, 0.3) is 11.4 Å². The van der Waals surface area contributed by atoms with Crippen LogP contribution in [0.15, 0.2) is 29.5 Å². The Kier molecular flexibility index (Phi) is 3.55. The van der Waals surface area contributed by atoms with Crippen LogP contribution in [0.3, 0.4) is 0 Å². The first-order valence-corrected chi connectivity index (χ1v) is 7.23. The Labute approximate surface area is 123 Å². The van der Waals surface area contributed by atoms with Crippen LogP contribution in [0.5, 0.6) is 0 Å². The van der Waals surface area contributed by atoms with Crippen molar-refractivity contribution >= 4 is 0 Å². The Balaban J connectivity index is 2.21. The number of hydrogen-bond acceptors (Lipinski definition) is 5. The molecule has 1 aliphatic heterocycles. The van der Waals surface area contributed by atoms with E-state index in [-0.39, 0.29) is 11.0 Å². The summed E-state index contributed by atoms with van der Waals surface area (Å²) in [5.41, 5.74) is 6.94. The molecular formula is C15H19N5O. The molecule has 110 valence electrons. The van der Waals surface area contributed by atoms with Gasteiger partial charge in [0, 0.05) is 30.8 Å². The molecule has 0 saturated heterocycles. The van der Waals surface area contributed by atoms with Gasteiger partial charge < -0.3 is 5.73 Å². The van der Waals surface area contributed by atoms with Crippen molar-refractivity contribution in [2.24, 2.45) is 5.73 Å². The summed E-state index contributed by atoms with van der Waals surface area (Å²) in [6.07, 6.45) is 6.09. The zero-order valence-electron chi connectivity index (χ0n) is 12.1. The standard InChI is InChI=1S/C15H19N5O/c1-15(9-16)5-2-3-7-20-13(21)8-12(19-14(15)20)11-4-6-17-10-18-11/h4,6,8,10H,2-3,5,7,9,16H2,1H3. The quantitative estimate of drug-likeness (QED) is 0.893. The van der Waals surface area contributed by atoms with Gasteiger partial charge in [-0.15, -0.1) is 0 Å². The van der Waals surface area contributed by atoms with E-state index in [1.807, 2.05) is 0 Å². The molecule has 0 amide bonds. The monoisotopic (exact) mass is 285 g/mol. The average molecular weight is 285 g/mol. The smallest absolute Gasteiger partial charge is 0.254 e. The van der Waals surface area contributed by atoms with E-state index >= 15 is 0 Å². The van der Waals surface area contributed by atoms with Gasteiger partial charge in [0.25, 0.3) is 5.56 Å². The molecule has 2 N–H and O–H groups in total. The van der Waals surface area contributed by atoms with Crippen LogP contribution in [-0.4, -0.2) is 26.1 Å². The van der Waals surface area contributed by atoms with Crippen molar-refractivity contribution in [3.63, 3.8) is 0 Å². The molecule has 3 heterocycles. The molecule has 0 saturated carbocycles. The molecule has 0 spiro atoms. The molecule has 3 rings (SSSR count). The maximum atomic E-state index is 12.5. The van der Waals surface area contributed by atoms with Crippen LogP contribution in [0.1, 0.15) is 32.0 Å². The van der Waals surface area contributed by atoms with Gasteiger partial charge in [-0.2, -0.15) is 0 Å². The molecule has 0 aromatic carbocycles. The van der Waals surface area contributed by atoms with E-state index in [2.05, 4.69) is 16.9 Å². The molecule has 0 radical (unpaired) electrons. The molecule has 0 fully saturated rings. The first-order valence-electron chi connectivity index (χ1n) is 7.23. The molecule has 0 aliphatic carbocycles. The van der Waals surface area contributed by atoms with Crippen LogP contribution < -0.4 is 11.3 Å². The lowest BCUT2D eigenvalue weighted by atomic mass is 9.84. The molecule has 6 heteroatoms. The van der Waals surface area contributed by atoms with Crippen molar-refractivity contribution < 1.29 is 0 Å². The van der Waals surface area contributed by atoms with Crippen LogP contribution in [0.2, 0.25) is 0 Å². The highest BCUT2D eigenvalue weighted by Gasteiger charge is 2.32. The second-order valence-corrected chi connectivity index (χ2v) is 5.77. The van der Waals surface area contributed by atoms with Crippen LogP contribution in [-0.2, 0) is 12.0 Å². The number of nitrogens with zero attached hydrogens (tertiary/aromatic N) is 4. The third-order valence-electron chi connectivity index (χ3n) is 4.20. The molecule has 6 nitrogen and oxygen atoms in total. The third kappa shape index (κ3) is 2.47. The maximum absolute atomic E-state index is 12.5. The van der Waals surface area contributed by atoms with Crippen LogP contribution >= 0.6 is 0 Å². The maximum Gasteiger partial charge on any atom is 0.254 e. The van der Waals surface area contributed by atoms with Gasteiger partial charge in [-0.25, -0.2) is 15.0 Å². The first kappa shape index (κ1) is 13.9. The van der Waals surface area contributed by atoms with E-state index in [4.69, 9.17) is 10.7 Å². The van der Waals surface area contributed by atoms with Crippen LogP contribution in [0, 0.1) is 0 Å². The fraction of sp³-hybridized carbons (Fsp3) is 0.467. The Morgan fingerprint density at radius 1 is 1.38 bits per heavy atom. The summed E-state index contributed by atoms with van der Waals surface area (Å²) in [5.74, 6) is 0.781. The van der Waals surface area contributed by atoms with Crippen molar-refractivity contribution in [1.29, 1.82) is 0 Å². The lowest BCUT2D eigenvalue weighted by Crippen LogP contribution is -2.38. The van der Waals surface area contributed by atoms with Crippen molar-refractivity contribution in [2.45, 2.75) is 38.1 Å².